The molecule has 2 N–H and O–H groups in total. The Kier molecular flexibility index (Phi) is 6.56. The van der Waals surface area contributed by atoms with Gasteiger partial charge in [-0.05, 0) is 24.3 Å². The number of nitrogens with zero attached hydrogens (tertiary/aromatic N) is 1. The molecule has 1 saturated heterocycles. The number of hydrogen-bond donors (Lipinski definition) is 2. The zero-order valence-corrected chi connectivity index (χ0v) is 14.8. The van der Waals surface area contributed by atoms with Crippen molar-refractivity contribution in [3.8, 4) is 0 Å². The van der Waals surface area contributed by atoms with Gasteiger partial charge in [0.1, 0.15) is 6.04 Å². The lowest BCUT2D eigenvalue weighted by atomic mass is 9.95. The lowest BCUT2D eigenvalue weighted by Crippen LogP contribution is -2.53. The first-order chi connectivity index (χ1) is 11.9. The minimum atomic E-state index is -0.802. The molecule has 1 heterocycles. The molecule has 1 aliphatic heterocycles. The first-order valence-corrected chi connectivity index (χ1v) is 8.73. The lowest BCUT2D eigenvalue weighted by Gasteiger charge is -2.34. The molecule has 1 fully saturated rings. The third-order valence-corrected chi connectivity index (χ3v) is 4.61. The second-order valence-electron chi connectivity index (χ2n) is 6.89. The van der Waals surface area contributed by atoms with Gasteiger partial charge < -0.3 is 15.3 Å². The summed E-state index contributed by atoms with van der Waals surface area (Å²) in [6.07, 6.45) is 1.16. The summed E-state index contributed by atoms with van der Waals surface area (Å²) in [4.78, 5) is 37.8. The molecule has 6 nitrogen and oxygen atoms in total. The van der Waals surface area contributed by atoms with Gasteiger partial charge in [0, 0.05) is 13.1 Å². The number of carboxylic acid groups (broad SMARTS) is 1. The smallest absolute Gasteiger partial charge is 0.306 e. The van der Waals surface area contributed by atoms with Crippen LogP contribution in [-0.2, 0) is 20.8 Å². The Balaban J connectivity index is 1.94. The topological polar surface area (TPSA) is 86.7 Å². The summed E-state index contributed by atoms with van der Waals surface area (Å²) < 4.78 is 0. The second kappa shape index (κ2) is 8.65. The van der Waals surface area contributed by atoms with E-state index in [4.69, 9.17) is 5.11 Å². The van der Waals surface area contributed by atoms with E-state index >= 15 is 0 Å². The molecule has 0 radical (unpaired) electrons. The number of piperidine rings is 1. The van der Waals surface area contributed by atoms with Crippen molar-refractivity contribution in [3.05, 3.63) is 35.9 Å². The van der Waals surface area contributed by atoms with Crippen LogP contribution in [0.3, 0.4) is 0 Å². The summed E-state index contributed by atoms with van der Waals surface area (Å²) in [5, 5.41) is 11.9. The van der Waals surface area contributed by atoms with Crippen molar-refractivity contribution in [1.29, 1.82) is 0 Å². The molecule has 1 aliphatic rings. The normalized spacial score (nSPS) is 16.5. The summed E-state index contributed by atoms with van der Waals surface area (Å²) in [5.74, 6) is -1.53. The Hall–Kier alpha value is -2.37. The van der Waals surface area contributed by atoms with E-state index in [9.17, 15) is 14.4 Å². The Morgan fingerprint density at radius 2 is 1.76 bits per heavy atom. The standard InChI is InChI=1S/C19H26N2O4/c1-13(2)17(20-16(22)12-14-6-4-3-5-7-14)18(23)21-10-8-15(9-11-21)19(24)25/h3-7,13,15,17H,8-12H2,1-2H3,(H,20,22)(H,24,25). The highest BCUT2D eigenvalue weighted by Crippen LogP contribution is 2.19. The van der Waals surface area contributed by atoms with Crippen LogP contribution in [0.5, 0.6) is 0 Å². The number of carbonyl (C=O) groups excluding carboxylic acids is 2. The highest BCUT2D eigenvalue weighted by Gasteiger charge is 2.32. The molecule has 1 atom stereocenters. The van der Waals surface area contributed by atoms with Crippen LogP contribution in [-0.4, -0.2) is 46.9 Å². The van der Waals surface area contributed by atoms with Crippen molar-refractivity contribution in [2.75, 3.05) is 13.1 Å². The van der Waals surface area contributed by atoms with Gasteiger partial charge in [0.2, 0.25) is 11.8 Å². The number of rotatable bonds is 6. The molecule has 2 rings (SSSR count). The van der Waals surface area contributed by atoms with Gasteiger partial charge in [0.05, 0.1) is 12.3 Å². The van der Waals surface area contributed by atoms with Crippen LogP contribution in [0.2, 0.25) is 0 Å². The van der Waals surface area contributed by atoms with E-state index in [-0.39, 0.29) is 30.1 Å². The van der Waals surface area contributed by atoms with Crippen LogP contribution in [0, 0.1) is 11.8 Å². The van der Waals surface area contributed by atoms with Gasteiger partial charge in [0.15, 0.2) is 0 Å². The van der Waals surface area contributed by atoms with E-state index in [2.05, 4.69) is 5.32 Å². The molecule has 0 spiro atoms. The van der Waals surface area contributed by atoms with E-state index < -0.39 is 12.0 Å². The lowest BCUT2D eigenvalue weighted by molar-refractivity contribution is -0.146. The molecule has 136 valence electrons. The van der Waals surface area contributed by atoms with Crippen molar-refractivity contribution < 1.29 is 19.5 Å². The zero-order valence-electron chi connectivity index (χ0n) is 14.8. The molecule has 1 aromatic rings. The maximum Gasteiger partial charge on any atom is 0.306 e. The van der Waals surface area contributed by atoms with Gasteiger partial charge in [0.25, 0.3) is 0 Å². The van der Waals surface area contributed by atoms with Gasteiger partial charge in [-0.3, -0.25) is 14.4 Å². The quantitative estimate of drug-likeness (QED) is 0.821. The predicted octanol–water partition coefficient (Wildman–Crippen LogP) is 1.69. The number of likely N-dealkylation sites (tertiary alicyclic amines) is 1. The first kappa shape index (κ1) is 19.0. The van der Waals surface area contributed by atoms with Crippen LogP contribution in [0.1, 0.15) is 32.3 Å². The van der Waals surface area contributed by atoms with E-state index in [1.807, 2.05) is 44.2 Å². The molecule has 0 aromatic heterocycles. The molecule has 0 aliphatic carbocycles. The van der Waals surface area contributed by atoms with Crippen LogP contribution >= 0.6 is 0 Å². The molecule has 1 unspecified atom stereocenters. The Labute approximate surface area is 148 Å². The van der Waals surface area contributed by atoms with Crippen molar-refractivity contribution in [1.82, 2.24) is 10.2 Å². The second-order valence-corrected chi connectivity index (χ2v) is 6.89. The van der Waals surface area contributed by atoms with Gasteiger partial charge in [-0.1, -0.05) is 44.2 Å². The molecule has 0 saturated carbocycles. The maximum atomic E-state index is 12.8. The first-order valence-electron chi connectivity index (χ1n) is 8.73. The van der Waals surface area contributed by atoms with Crippen LogP contribution in [0.15, 0.2) is 30.3 Å². The average Bonchev–Trinajstić information content (AvgIpc) is 2.60. The van der Waals surface area contributed by atoms with E-state index in [0.717, 1.165) is 5.56 Å². The van der Waals surface area contributed by atoms with E-state index in [0.29, 0.717) is 25.9 Å². The fourth-order valence-electron chi connectivity index (χ4n) is 3.06. The third-order valence-electron chi connectivity index (χ3n) is 4.61. The molecular formula is C19H26N2O4. The highest BCUT2D eigenvalue weighted by molar-refractivity contribution is 5.88. The Bertz CT molecular complexity index is 607. The number of nitrogens with one attached hydrogen (secondary N) is 1. The Morgan fingerprint density at radius 3 is 2.28 bits per heavy atom. The number of hydrogen-bond acceptors (Lipinski definition) is 3. The fourth-order valence-corrected chi connectivity index (χ4v) is 3.06. The molecule has 2 amide bonds. The molecule has 25 heavy (non-hydrogen) atoms. The average molecular weight is 346 g/mol. The van der Waals surface area contributed by atoms with Crippen LogP contribution in [0.25, 0.3) is 0 Å². The number of aliphatic carboxylic acids is 1. The summed E-state index contributed by atoms with van der Waals surface area (Å²) in [7, 11) is 0. The van der Waals surface area contributed by atoms with Crippen molar-refractivity contribution >= 4 is 17.8 Å². The highest BCUT2D eigenvalue weighted by atomic mass is 16.4. The number of carbonyl (C=O) groups is 3. The number of amides is 2. The van der Waals surface area contributed by atoms with Crippen LogP contribution in [0.4, 0.5) is 0 Å². The van der Waals surface area contributed by atoms with Gasteiger partial charge >= 0.3 is 5.97 Å². The van der Waals surface area contributed by atoms with Crippen LogP contribution < -0.4 is 5.32 Å². The zero-order chi connectivity index (χ0) is 18.4. The van der Waals surface area contributed by atoms with Gasteiger partial charge in [-0.2, -0.15) is 0 Å². The SMILES string of the molecule is CC(C)C(NC(=O)Cc1ccccc1)C(=O)N1CCC(C(=O)O)CC1. The summed E-state index contributed by atoms with van der Waals surface area (Å²) >= 11 is 0. The largest absolute Gasteiger partial charge is 0.481 e. The summed E-state index contributed by atoms with van der Waals surface area (Å²) in [5.41, 5.74) is 0.900. The summed E-state index contributed by atoms with van der Waals surface area (Å²) in [6, 6.07) is 8.81. The monoisotopic (exact) mass is 346 g/mol. The Morgan fingerprint density at radius 1 is 1.16 bits per heavy atom. The van der Waals surface area contributed by atoms with Crippen molar-refractivity contribution in [3.63, 3.8) is 0 Å². The minimum absolute atomic E-state index is 0.0376. The maximum absolute atomic E-state index is 12.8. The molecule has 0 bridgehead atoms. The molecular weight excluding hydrogens is 320 g/mol. The van der Waals surface area contributed by atoms with Crippen molar-refractivity contribution in [2.45, 2.75) is 39.2 Å². The van der Waals surface area contributed by atoms with E-state index in [1.165, 1.54) is 0 Å². The van der Waals surface area contributed by atoms with Crippen molar-refractivity contribution in [2.24, 2.45) is 11.8 Å². The predicted molar refractivity (Wildman–Crippen MR) is 93.9 cm³/mol. The van der Waals surface area contributed by atoms with E-state index in [1.54, 1.807) is 4.90 Å². The summed E-state index contributed by atoms with van der Waals surface area (Å²) in [6.45, 7) is 4.64. The van der Waals surface area contributed by atoms with Gasteiger partial charge in [-0.15, -0.1) is 0 Å². The number of benzene rings is 1. The molecule has 1 aromatic carbocycles. The minimum Gasteiger partial charge on any atom is -0.481 e. The van der Waals surface area contributed by atoms with Gasteiger partial charge in [-0.25, -0.2) is 0 Å². The third kappa shape index (κ3) is 5.31. The number of carboxylic acids is 1. The fraction of sp³-hybridized carbons (Fsp3) is 0.526. The molecule has 6 heteroatoms.